The number of rotatable bonds is 9. The molecule has 0 N–H and O–H groups in total. The van der Waals surface area contributed by atoms with Gasteiger partial charge in [0.2, 0.25) is 0 Å². The van der Waals surface area contributed by atoms with E-state index in [9.17, 15) is 10.1 Å². The zero-order valence-electron chi connectivity index (χ0n) is 19.7. The fourth-order valence-electron chi connectivity index (χ4n) is 4.72. The molecule has 4 atom stereocenters. The number of thioether (sulfide) groups is 1. The number of nitrogens with zero attached hydrogens (tertiary/aromatic N) is 1. The highest BCUT2D eigenvalue weighted by Crippen LogP contribution is 2.57. The quantitative estimate of drug-likeness (QED) is 0.129. The van der Waals surface area contributed by atoms with Gasteiger partial charge in [0.25, 0.3) is 0 Å². The summed E-state index contributed by atoms with van der Waals surface area (Å²) in [5, 5.41) is 12.4. The first-order valence-electron chi connectivity index (χ1n) is 11.2. The van der Waals surface area contributed by atoms with Crippen molar-refractivity contribution in [2.75, 3.05) is 7.11 Å². The molecule has 0 bridgehead atoms. The second kappa shape index (κ2) is 11.9. The van der Waals surface area contributed by atoms with Crippen molar-refractivity contribution in [1.82, 2.24) is 0 Å². The molecule has 1 aromatic rings. The van der Waals surface area contributed by atoms with Gasteiger partial charge in [-0.3, -0.25) is 0 Å². The Bertz CT molecular complexity index is 911. The fraction of sp³-hybridized carbons (Fsp3) is 0.429. The highest BCUT2D eigenvalue weighted by Gasteiger charge is 2.51. The summed E-state index contributed by atoms with van der Waals surface area (Å²) in [7, 11) is 1.39. The normalized spacial score (nSPS) is 28.5. The number of benzene rings is 1. The van der Waals surface area contributed by atoms with Crippen LogP contribution in [-0.4, -0.2) is 13.1 Å². The standard InChI is InChI=1S/C28H35NO2S/c1-6-27(4)23(3)16-18-28(21-29,25(27)15-14-22(2)20-26(30)31-5)17-10-11-19-32-24-12-8-7-9-13-24/h6-13,17,19-20,23,25H,1,14-16,18H2,2-5H3/b17-10+,19-11-,22-20+/t23-,25-,27+,28-/m1/s1. The van der Waals surface area contributed by atoms with Crippen molar-refractivity contribution in [2.45, 2.75) is 51.3 Å². The molecule has 0 radical (unpaired) electrons. The molecule has 0 spiro atoms. The van der Waals surface area contributed by atoms with Crippen LogP contribution in [0.25, 0.3) is 0 Å². The summed E-state index contributed by atoms with van der Waals surface area (Å²) in [6.45, 7) is 10.6. The summed E-state index contributed by atoms with van der Waals surface area (Å²) >= 11 is 1.66. The first kappa shape index (κ1) is 25.7. The Balaban J connectivity index is 2.25. The Morgan fingerprint density at radius 1 is 1.34 bits per heavy atom. The van der Waals surface area contributed by atoms with Crippen molar-refractivity contribution in [1.29, 1.82) is 5.26 Å². The van der Waals surface area contributed by atoms with Crippen LogP contribution in [0.1, 0.15) is 46.5 Å². The van der Waals surface area contributed by atoms with E-state index in [1.807, 2.05) is 48.8 Å². The van der Waals surface area contributed by atoms with E-state index in [-0.39, 0.29) is 17.3 Å². The van der Waals surface area contributed by atoms with E-state index in [4.69, 9.17) is 4.74 Å². The van der Waals surface area contributed by atoms with Crippen molar-refractivity contribution < 1.29 is 9.53 Å². The third-order valence-electron chi connectivity index (χ3n) is 7.00. The predicted octanol–water partition coefficient (Wildman–Crippen LogP) is 7.50. The first-order valence-corrected chi connectivity index (χ1v) is 12.1. The summed E-state index contributed by atoms with van der Waals surface area (Å²) in [6.07, 6.45) is 13.1. The van der Waals surface area contributed by atoms with Gasteiger partial charge in [0, 0.05) is 11.0 Å². The molecule has 1 saturated carbocycles. The second-order valence-corrected chi connectivity index (χ2v) is 9.86. The van der Waals surface area contributed by atoms with Crippen LogP contribution >= 0.6 is 11.8 Å². The van der Waals surface area contributed by atoms with E-state index in [1.54, 1.807) is 17.8 Å². The average molecular weight is 450 g/mol. The second-order valence-electron chi connectivity index (χ2n) is 8.89. The topological polar surface area (TPSA) is 50.1 Å². The summed E-state index contributed by atoms with van der Waals surface area (Å²) in [6, 6.07) is 12.9. The highest BCUT2D eigenvalue weighted by atomic mass is 32.2. The lowest BCUT2D eigenvalue weighted by molar-refractivity contribution is -0.134. The SMILES string of the molecule is C=C[C@@]1(C)[C@H](C)CC[C@@](C#N)(/C=C/C=C\Sc2ccccc2)[C@@H]1CC/C(C)=C/C(=O)OC. The zero-order chi connectivity index (χ0) is 23.6. The Hall–Kier alpha value is -2.51. The van der Waals surface area contributed by atoms with Crippen molar-refractivity contribution in [3.63, 3.8) is 0 Å². The van der Waals surface area contributed by atoms with Gasteiger partial charge in [0.05, 0.1) is 18.6 Å². The average Bonchev–Trinajstić information content (AvgIpc) is 2.81. The molecule has 4 heteroatoms. The maximum absolute atomic E-state index is 11.6. The summed E-state index contributed by atoms with van der Waals surface area (Å²) < 4.78 is 4.76. The molecular formula is C28H35NO2S. The van der Waals surface area contributed by atoms with Crippen LogP contribution in [-0.2, 0) is 9.53 Å². The molecule has 1 aliphatic rings. The van der Waals surface area contributed by atoms with Crippen molar-refractivity contribution in [2.24, 2.45) is 22.7 Å². The molecule has 1 aliphatic carbocycles. The summed E-state index contributed by atoms with van der Waals surface area (Å²) in [5.74, 6) is 0.209. The minimum Gasteiger partial charge on any atom is -0.466 e. The number of hydrogen-bond donors (Lipinski definition) is 0. The van der Waals surface area contributed by atoms with E-state index in [2.05, 4.69) is 44.7 Å². The molecule has 170 valence electrons. The maximum Gasteiger partial charge on any atom is 0.330 e. The molecule has 0 heterocycles. The Kier molecular flexibility index (Phi) is 9.60. The number of allylic oxidation sites excluding steroid dienone is 5. The lowest BCUT2D eigenvalue weighted by atomic mass is 9.50. The van der Waals surface area contributed by atoms with Gasteiger partial charge in [-0.1, -0.05) is 73.7 Å². The van der Waals surface area contributed by atoms with E-state index in [0.29, 0.717) is 5.92 Å². The van der Waals surface area contributed by atoms with Gasteiger partial charge < -0.3 is 4.74 Å². The monoisotopic (exact) mass is 449 g/mol. The Morgan fingerprint density at radius 3 is 2.69 bits per heavy atom. The molecule has 3 nitrogen and oxygen atoms in total. The van der Waals surface area contributed by atoms with Crippen molar-refractivity contribution in [3.05, 3.63) is 78.3 Å². The van der Waals surface area contributed by atoms with Crippen molar-refractivity contribution >= 4 is 17.7 Å². The summed E-state index contributed by atoms with van der Waals surface area (Å²) in [4.78, 5) is 12.8. The van der Waals surface area contributed by atoms with Crippen LogP contribution in [0, 0.1) is 34.0 Å². The third-order valence-corrected chi connectivity index (χ3v) is 7.83. The molecular weight excluding hydrogens is 414 g/mol. The van der Waals surface area contributed by atoms with Gasteiger partial charge in [-0.15, -0.1) is 6.58 Å². The van der Waals surface area contributed by atoms with E-state index < -0.39 is 5.41 Å². The smallest absolute Gasteiger partial charge is 0.330 e. The number of methoxy groups -OCH3 is 1. The number of carbonyl (C=O) groups excluding carboxylic acids is 1. The lowest BCUT2D eigenvalue weighted by Crippen LogP contribution is -2.47. The minimum absolute atomic E-state index is 0.105. The molecule has 32 heavy (non-hydrogen) atoms. The number of nitriles is 1. The molecule has 0 amide bonds. The van der Waals surface area contributed by atoms with E-state index >= 15 is 0 Å². The number of ether oxygens (including phenoxy) is 1. The third kappa shape index (κ3) is 6.26. The highest BCUT2D eigenvalue weighted by molar-refractivity contribution is 8.02. The van der Waals surface area contributed by atoms with Gasteiger partial charge >= 0.3 is 5.97 Å². The van der Waals surface area contributed by atoms with Crippen LogP contribution < -0.4 is 0 Å². The van der Waals surface area contributed by atoms with Crippen LogP contribution in [0.4, 0.5) is 0 Å². The van der Waals surface area contributed by atoms with E-state index in [1.165, 1.54) is 12.0 Å². The van der Waals surface area contributed by atoms with Crippen LogP contribution in [0.2, 0.25) is 0 Å². The van der Waals surface area contributed by atoms with Crippen LogP contribution in [0.15, 0.2) is 83.2 Å². The lowest BCUT2D eigenvalue weighted by Gasteiger charge is -2.52. The minimum atomic E-state index is -0.567. The van der Waals surface area contributed by atoms with Gasteiger partial charge in [-0.2, -0.15) is 5.26 Å². The fourth-order valence-corrected chi connectivity index (χ4v) is 5.36. The largest absolute Gasteiger partial charge is 0.466 e. The zero-order valence-corrected chi connectivity index (χ0v) is 20.5. The van der Waals surface area contributed by atoms with Gasteiger partial charge in [0.1, 0.15) is 0 Å². The molecule has 2 rings (SSSR count). The van der Waals surface area contributed by atoms with Gasteiger partial charge in [-0.25, -0.2) is 4.79 Å². The Labute approximate surface area is 197 Å². The van der Waals surface area contributed by atoms with Crippen LogP contribution in [0.3, 0.4) is 0 Å². The maximum atomic E-state index is 11.6. The van der Waals surface area contributed by atoms with Crippen molar-refractivity contribution in [3.8, 4) is 6.07 Å². The number of carbonyl (C=O) groups is 1. The Morgan fingerprint density at radius 2 is 2.06 bits per heavy atom. The molecule has 0 saturated heterocycles. The molecule has 0 unspecified atom stereocenters. The first-order chi connectivity index (χ1) is 15.3. The van der Waals surface area contributed by atoms with Crippen LogP contribution in [0.5, 0.6) is 0 Å². The molecule has 1 fully saturated rings. The molecule has 0 aromatic heterocycles. The molecule has 1 aromatic carbocycles. The molecule has 0 aliphatic heterocycles. The number of esters is 1. The number of hydrogen-bond acceptors (Lipinski definition) is 4. The van der Waals surface area contributed by atoms with E-state index in [0.717, 1.165) is 31.3 Å². The van der Waals surface area contributed by atoms with Gasteiger partial charge in [0.15, 0.2) is 0 Å². The summed E-state index contributed by atoms with van der Waals surface area (Å²) in [5.41, 5.74) is 0.242. The van der Waals surface area contributed by atoms with Gasteiger partial charge in [-0.05, 0) is 67.4 Å². The predicted molar refractivity (Wildman–Crippen MR) is 134 cm³/mol.